The SMILES string of the molecule is N#C[C@H](Cc1cc2c(cc1F)-c1cc3c(cc1CO2)C(=O)CC3)NC(=O)[C@@H]1CNCCCO1. The first kappa shape index (κ1) is 21.6. The molecule has 2 aromatic rings. The normalized spacial score (nSPS) is 19.9. The number of carbonyl (C=O) groups excluding carboxylic acids is 2. The number of fused-ring (bicyclic) bond motifs is 4. The number of Topliss-reactive ketones (excluding diaryl/α,β-unsaturated/α-hetero) is 1. The molecule has 0 radical (unpaired) electrons. The summed E-state index contributed by atoms with van der Waals surface area (Å²) in [6.45, 7) is 1.91. The first-order chi connectivity index (χ1) is 16.0. The quantitative estimate of drug-likeness (QED) is 0.744. The average Bonchev–Trinajstić information content (AvgIpc) is 3.01. The number of hydrogen-bond donors (Lipinski definition) is 2. The molecule has 2 heterocycles. The smallest absolute Gasteiger partial charge is 0.251 e. The predicted octanol–water partition coefficient (Wildman–Crippen LogP) is 2.44. The van der Waals surface area contributed by atoms with Crippen LogP contribution in [0.3, 0.4) is 0 Å². The number of amides is 1. The van der Waals surface area contributed by atoms with E-state index in [9.17, 15) is 14.9 Å². The lowest BCUT2D eigenvalue weighted by Crippen LogP contribution is -2.46. The number of ketones is 1. The van der Waals surface area contributed by atoms with E-state index in [0.29, 0.717) is 49.5 Å². The van der Waals surface area contributed by atoms with Crippen molar-refractivity contribution in [2.75, 3.05) is 19.7 Å². The molecule has 1 fully saturated rings. The highest BCUT2D eigenvalue weighted by atomic mass is 19.1. The molecule has 2 N–H and O–H groups in total. The van der Waals surface area contributed by atoms with Gasteiger partial charge in [0.05, 0.1) is 6.07 Å². The molecule has 2 aliphatic heterocycles. The number of nitrogens with one attached hydrogen (secondary N) is 2. The largest absolute Gasteiger partial charge is 0.488 e. The van der Waals surface area contributed by atoms with E-state index in [1.807, 2.05) is 18.2 Å². The molecule has 7 nitrogen and oxygen atoms in total. The number of ether oxygens (including phenoxy) is 2. The van der Waals surface area contributed by atoms with Crippen molar-refractivity contribution < 1.29 is 23.5 Å². The lowest BCUT2D eigenvalue weighted by Gasteiger charge is -2.23. The van der Waals surface area contributed by atoms with Crippen molar-refractivity contribution in [3.8, 4) is 22.9 Å². The van der Waals surface area contributed by atoms with Gasteiger partial charge >= 0.3 is 0 Å². The summed E-state index contributed by atoms with van der Waals surface area (Å²) in [5.74, 6) is -0.191. The van der Waals surface area contributed by atoms with Gasteiger partial charge in [-0.3, -0.25) is 9.59 Å². The van der Waals surface area contributed by atoms with E-state index in [-0.39, 0.29) is 18.1 Å². The molecule has 1 saturated heterocycles. The van der Waals surface area contributed by atoms with Crippen LogP contribution in [0.25, 0.3) is 11.1 Å². The molecule has 0 saturated carbocycles. The molecule has 3 aliphatic rings. The number of rotatable bonds is 4. The second kappa shape index (κ2) is 8.93. The van der Waals surface area contributed by atoms with E-state index in [2.05, 4.69) is 10.6 Å². The van der Waals surface area contributed by atoms with Crippen molar-refractivity contribution in [1.82, 2.24) is 10.6 Å². The van der Waals surface area contributed by atoms with E-state index in [1.165, 1.54) is 6.07 Å². The van der Waals surface area contributed by atoms with Crippen LogP contribution in [-0.4, -0.2) is 43.5 Å². The highest BCUT2D eigenvalue weighted by molar-refractivity contribution is 6.01. The molecule has 0 unspecified atom stereocenters. The summed E-state index contributed by atoms with van der Waals surface area (Å²) >= 11 is 0. The van der Waals surface area contributed by atoms with Crippen molar-refractivity contribution in [1.29, 1.82) is 5.26 Å². The van der Waals surface area contributed by atoms with E-state index in [1.54, 1.807) is 6.07 Å². The molecule has 0 bridgehead atoms. The zero-order chi connectivity index (χ0) is 22.9. The van der Waals surface area contributed by atoms with Gasteiger partial charge in [0.1, 0.15) is 30.3 Å². The topological polar surface area (TPSA) is 100 Å². The van der Waals surface area contributed by atoms with Crippen LogP contribution in [0.5, 0.6) is 5.75 Å². The summed E-state index contributed by atoms with van der Waals surface area (Å²) in [6.07, 6.45) is 1.35. The van der Waals surface area contributed by atoms with Gasteiger partial charge in [-0.15, -0.1) is 0 Å². The van der Waals surface area contributed by atoms with Gasteiger partial charge < -0.3 is 20.1 Å². The van der Waals surface area contributed by atoms with Crippen LogP contribution in [-0.2, 0) is 29.0 Å². The lowest BCUT2D eigenvalue weighted by atomic mass is 9.91. The summed E-state index contributed by atoms with van der Waals surface area (Å²) in [5, 5.41) is 15.3. The summed E-state index contributed by atoms with van der Waals surface area (Å²) in [6, 6.07) is 7.99. The Balaban J connectivity index is 1.36. The Bertz CT molecular complexity index is 1170. The maximum absolute atomic E-state index is 15.1. The predicted molar refractivity (Wildman–Crippen MR) is 117 cm³/mol. The number of hydrogen-bond acceptors (Lipinski definition) is 6. The molecule has 2 atom stereocenters. The molecule has 2 aromatic carbocycles. The number of nitriles is 1. The number of halogens is 1. The van der Waals surface area contributed by atoms with Gasteiger partial charge in [-0.1, -0.05) is 0 Å². The van der Waals surface area contributed by atoms with Crippen molar-refractivity contribution in [3.05, 3.63) is 52.3 Å². The highest BCUT2D eigenvalue weighted by Gasteiger charge is 2.28. The first-order valence-electron chi connectivity index (χ1n) is 11.2. The van der Waals surface area contributed by atoms with Crippen molar-refractivity contribution in [3.63, 3.8) is 0 Å². The molecule has 170 valence electrons. The summed E-state index contributed by atoms with van der Waals surface area (Å²) in [5.41, 5.74) is 4.38. The molecule has 33 heavy (non-hydrogen) atoms. The van der Waals surface area contributed by atoms with Crippen LogP contribution in [0.2, 0.25) is 0 Å². The third-order valence-electron chi connectivity index (χ3n) is 6.41. The molecule has 0 aromatic heterocycles. The number of nitrogens with zero attached hydrogens (tertiary/aromatic N) is 1. The maximum atomic E-state index is 15.1. The van der Waals surface area contributed by atoms with E-state index >= 15 is 4.39 Å². The molecule has 1 amide bonds. The van der Waals surface area contributed by atoms with Crippen LogP contribution >= 0.6 is 0 Å². The number of aryl methyl sites for hydroxylation is 1. The van der Waals surface area contributed by atoms with Crippen molar-refractivity contribution in [2.45, 2.75) is 44.4 Å². The van der Waals surface area contributed by atoms with Gasteiger partial charge in [-0.05, 0) is 65.9 Å². The van der Waals surface area contributed by atoms with Gasteiger partial charge in [0.2, 0.25) is 0 Å². The monoisotopic (exact) mass is 449 g/mol. The fourth-order valence-corrected chi connectivity index (χ4v) is 4.64. The van der Waals surface area contributed by atoms with Gasteiger partial charge in [-0.25, -0.2) is 4.39 Å². The Morgan fingerprint density at radius 1 is 1.21 bits per heavy atom. The Hall–Kier alpha value is -3.28. The molecule has 8 heteroatoms. The lowest BCUT2D eigenvalue weighted by molar-refractivity contribution is -0.132. The fraction of sp³-hybridized carbons (Fsp3) is 0.400. The summed E-state index contributed by atoms with van der Waals surface area (Å²) in [4.78, 5) is 24.6. The molecule has 0 spiro atoms. The Morgan fingerprint density at radius 3 is 2.91 bits per heavy atom. The zero-order valence-corrected chi connectivity index (χ0v) is 18.1. The van der Waals surface area contributed by atoms with E-state index in [4.69, 9.17) is 9.47 Å². The third kappa shape index (κ3) is 4.22. The second-order valence-corrected chi connectivity index (χ2v) is 8.63. The minimum absolute atomic E-state index is 0.0103. The van der Waals surface area contributed by atoms with E-state index < -0.39 is 18.0 Å². The highest BCUT2D eigenvalue weighted by Crippen LogP contribution is 2.41. The molecule has 5 rings (SSSR count). The molecule has 1 aliphatic carbocycles. The van der Waals surface area contributed by atoms with Crippen LogP contribution in [0.4, 0.5) is 4.39 Å². The zero-order valence-electron chi connectivity index (χ0n) is 18.1. The van der Waals surface area contributed by atoms with E-state index in [0.717, 1.165) is 35.2 Å². The Morgan fingerprint density at radius 2 is 2.06 bits per heavy atom. The third-order valence-corrected chi connectivity index (χ3v) is 6.41. The summed E-state index contributed by atoms with van der Waals surface area (Å²) < 4.78 is 26.5. The summed E-state index contributed by atoms with van der Waals surface area (Å²) in [7, 11) is 0. The standard InChI is InChI=1S/C25H24FN3O4/c26-21-10-20-18-7-14-2-3-22(30)19(14)8-16(18)13-33-23(20)9-15(21)6-17(11-27)29-25(31)24-12-28-4-1-5-32-24/h7-10,17,24,28H,1-6,12-13H2,(H,29,31)/t17-,24-/m0/s1. The van der Waals surface area contributed by atoms with Gasteiger partial charge in [0.15, 0.2) is 5.78 Å². The van der Waals surface area contributed by atoms with Gasteiger partial charge in [-0.2, -0.15) is 5.26 Å². The van der Waals surface area contributed by atoms with Crippen LogP contribution in [0.1, 0.15) is 39.9 Å². The Kier molecular flexibility index (Phi) is 5.83. The fourth-order valence-electron chi connectivity index (χ4n) is 4.64. The maximum Gasteiger partial charge on any atom is 0.251 e. The Labute approximate surface area is 190 Å². The second-order valence-electron chi connectivity index (χ2n) is 8.63. The number of benzene rings is 2. The van der Waals surface area contributed by atoms with Crippen LogP contribution in [0, 0.1) is 17.1 Å². The first-order valence-corrected chi connectivity index (χ1v) is 11.2. The van der Waals surface area contributed by atoms with Crippen LogP contribution in [0.15, 0.2) is 24.3 Å². The minimum Gasteiger partial charge on any atom is -0.488 e. The molecular weight excluding hydrogens is 425 g/mol. The van der Waals surface area contributed by atoms with Crippen molar-refractivity contribution in [2.24, 2.45) is 0 Å². The minimum atomic E-state index is -0.901. The van der Waals surface area contributed by atoms with Crippen molar-refractivity contribution >= 4 is 11.7 Å². The average molecular weight is 449 g/mol. The molecular formula is C25H24FN3O4. The van der Waals surface area contributed by atoms with Crippen LogP contribution < -0.4 is 15.4 Å². The number of carbonyl (C=O) groups is 2. The van der Waals surface area contributed by atoms with Gasteiger partial charge in [0.25, 0.3) is 5.91 Å². The van der Waals surface area contributed by atoms with Gasteiger partial charge in [0, 0.05) is 37.1 Å².